The number of benzene rings is 2. The van der Waals surface area contributed by atoms with Gasteiger partial charge in [0.05, 0.1) is 18.4 Å². The molecular weight excluding hydrogens is 364 g/mol. The van der Waals surface area contributed by atoms with Gasteiger partial charge in [0.15, 0.2) is 0 Å². The maximum atomic E-state index is 12.4. The highest BCUT2D eigenvalue weighted by molar-refractivity contribution is 6.03. The van der Waals surface area contributed by atoms with Gasteiger partial charge in [-0.05, 0) is 61.2 Å². The predicted octanol–water partition coefficient (Wildman–Crippen LogP) is 4.76. The number of aromatic nitrogens is 1. The average molecular weight is 386 g/mol. The third kappa shape index (κ3) is 4.35. The summed E-state index contributed by atoms with van der Waals surface area (Å²) in [5.41, 5.74) is 4.20. The maximum absolute atomic E-state index is 12.4. The van der Waals surface area contributed by atoms with Crippen LogP contribution in [0.1, 0.15) is 39.5 Å². The van der Waals surface area contributed by atoms with Gasteiger partial charge in [-0.2, -0.15) is 0 Å². The minimum Gasteiger partial charge on any atom is -0.497 e. The summed E-state index contributed by atoms with van der Waals surface area (Å²) in [4.78, 5) is 22.1. The van der Waals surface area contributed by atoms with E-state index in [1.54, 1.807) is 25.4 Å². The SMILES string of the molecule is COc1ccc([C@@H]2C[C@H]2/C(=N/OC(=O)c2ccc(C)cc2)c2ccccn2)cc1. The summed E-state index contributed by atoms with van der Waals surface area (Å²) in [6.45, 7) is 1.97. The summed E-state index contributed by atoms with van der Waals surface area (Å²) in [7, 11) is 1.66. The summed E-state index contributed by atoms with van der Waals surface area (Å²) >= 11 is 0. The lowest BCUT2D eigenvalue weighted by atomic mass is 10.1. The number of pyridine rings is 1. The van der Waals surface area contributed by atoms with Crippen molar-refractivity contribution in [1.29, 1.82) is 0 Å². The van der Waals surface area contributed by atoms with Crippen LogP contribution in [-0.4, -0.2) is 23.8 Å². The van der Waals surface area contributed by atoms with Crippen molar-refractivity contribution < 1.29 is 14.4 Å². The molecule has 0 saturated heterocycles. The molecule has 0 radical (unpaired) electrons. The van der Waals surface area contributed by atoms with Gasteiger partial charge in [0.1, 0.15) is 11.5 Å². The molecule has 0 bridgehead atoms. The van der Waals surface area contributed by atoms with E-state index in [9.17, 15) is 4.79 Å². The van der Waals surface area contributed by atoms with Gasteiger partial charge in [0, 0.05) is 12.1 Å². The first-order valence-electron chi connectivity index (χ1n) is 9.57. The van der Waals surface area contributed by atoms with Gasteiger partial charge in [-0.15, -0.1) is 0 Å². The Balaban J connectivity index is 1.55. The van der Waals surface area contributed by atoms with Crippen molar-refractivity contribution in [3.8, 4) is 5.75 Å². The van der Waals surface area contributed by atoms with Gasteiger partial charge in [0.25, 0.3) is 0 Å². The number of methoxy groups -OCH3 is 1. The quantitative estimate of drug-likeness (QED) is 0.348. The van der Waals surface area contributed by atoms with E-state index >= 15 is 0 Å². The van der Waals surface area contributed by atoms with Crippen LogP contribution in [0.3, 0.4) is 0 Å². The van der Waals surface area contributed by atoms with Crippen molar-refractivity contribution >= 4 is 11.7 Å². The second-order valence-corrected chi connectivity index (χ2v) is 7.16. The van der Waals surface area contributed by atoms with Crippen LogP contribution in [-0.2, 0) is 4.84 Å². The van der Waals surface area contributed by atoms with E-state index in [1.807, 2.05) is 49.4 Å². The van der Waals surface area contributed by atoms with E-state index in [1.165, 1.54) is 5.56 Å². The van der Waals surface area contributed by atoms with Crippen LogP contribution >= 0.6 is 0 Å². The molecule has 2 aromatic carbocycles. The smallest absolute Gasteiger partial charge is 0.365 e. The first kappa shape index (κ1) is 18.9. The standard InChI is InChI=1S/C24H22N2O3/c1-16-6-8-18(9-7-16)24(27)29-26-23(22-5-3-4-14-25-22)21-15-20(21)17-10-12-19(28-2)13-11-17/h3-14,20-21H,15H2,1-2H3/b26-23-/t20-,21+/m0/s1. The summed E-state index contributed by atoms with van der Waals surface area (Å²) in [5.74, 6) is 0.834. The lowest BCUT2D eigenvalue weighted by molar-refractivity contribution is 0.0515. The number of carbonyl (C=O) groups excluding carboxylic acids is 1. The summed E-state index contributed by atoms with van der Waals surface area (Å²) in [5, 5.41) is 4.24. The number of hydrogen-bond donors (Lipinski definition) is 0. The lowest BCUT2D eigenvalue weighted by Gasteiger charge is -2.07. The Labute approximate surface area is 170 Å². The molecule has 0 N–H and O–H groups in total. The fourth-order valence-corrected chi connectivity index (χ4v) is 3.37. The minimum atomic E-state index is -0.472. The largest absolute Gasteiger partial charge is 0.497 e. The van der Waals surface area contributed by atoms with Crippen molar-refractivity contribution in [2.24, 2.45) is 11.1 Å². The zero-order chi connectivity index (χ0) is 20.2. The normalized spacial score (nSPS) is 18.2. The Hall–Kier alpha value is -3.47. The van der Waals surface area contributed by atoms with E-state index in [2.05, 4.69) is 22.3 Å². The van der Waals surface area contributed by atoms with Gasteiger partial charge < -0.3 is 9.57 Å². The Morgan fingerprint density at radius 3 is 2.45 bits per heavy atom. The molecule has 0 aliphatic heterocycles. The average Bonchev–Trinajstić information content (AvgIpc) is 3.55. The minimum absolute atomic E-state index is 0.157. The Morgan fingerprint density at radius 2 is 1.79 bits per heavy atom. The molecule has 0 unspecified atom stereocenters. The zero-order valence-electron chi connectivity index (χ0n) is 16.4. The summed E-state index contributed by atoms with van der Waals surface area (Å²) in [6, 6.07) is 20.9. The molecule has 2 atom stereocenters. The Bertz CT molecular complexity index is 1010. The van der Waals surface area contributed by atoms with Gasteiger partial charge >= 0.3 is 5.97 Å². The van der Waals surface area contributed by atoms with Crippen LogP contribution < -0.4 is 4.74 Å². The topological polar surface area (TPSA) is 60.8 Å². The maximum Gasteiger partial charge on any atom is 0.365 e. The lowest BCUT2D eigenvalue weighted by Crippen LogP contribution is -2.11. The van der Waals surface area contributed by atoms with Gasteiger partial charge in [0.2, 0.25) is 0 Å². The van der Waals surface area contributed by atoms with Crippen LogP contribution in [0.2, 0.25) is 0 Å². The number of rotatable bonds is 6. The van der Waals surface area contributed by atoms with E-state index in [0.717, 1.165) is 23.4 Å². The number of carbonyl (C=O) groups is 1. The molecule has 1 heterocycles. The van der Waals surface area contributed by atoms with Gasteiger partial charge in [-0.1, -0.05) is 41.1 Å². The van der Waals surface area contributed by atoms with Gasteiger partial charge in [-0.3, -0.25) is 4.98 Å². The van der Waals surface area contributed by atoms with E-state index in [-0.39, 0.29) is 5.92 Å². The van der Waals surface area contributed by atoms with Crippen molar-refractivity contribution in [3.63, 3.8) is 0 Å². The first-order chi connectivity index (χ1) is 14.2. The van der Waals surface area contributed by atoms with E-state index < -0.39 is 5.97 Å². The number of aryl methyl sites for hydroxylation is 1. The van der Waals surface area contributed by atoms with E-state index in [4.69, 9.17) is 9.57 Å². The molecular formula is C24H22N2O3. The molecule has 5 nitrogen and oxygen atoms in total. The van der Waals surface area contributed by atoms with Crippen molar-refractivity contribution in [3.05, 3.63) is 95.3 Å². The highest BCUT2D eigenvalue weighted by Crippen LogP contribution is 2.49. The Kier molecular flexibility index (Phi) is 5.38. The highest BCUT2D eigenvalue weighted by atomic mass is 16.7. The molecule has 1 saturated carbocycles. The zero-order valence-corrected chi connectivity index (χ0v) is 16.4. The molecule has 1 fully saturated rings. The molecule has 1 aromatic heterocycles. The first-order valence-corrected chi connectivity index (χ1v) is 9.57. The van der Waals surface area contributed by atoms with Crippen molar-refractivity contribution in [2.75, 3.05) is 7.11 Å². The van der Waals surface area contributed by atoms with Crippen LogP contribution in [0.25, 0.3) is 0 Å². The molecule has 146 valence electrons. The number of nitrogens with zero attached hydrogens (tertiary/aromatic N) is 2. The second-order valence-electron chi connectivity index (χ2n) is 7.16. The number of hydrogen-bond acceptors (Lipinski definition) is 5. The molecule has 0 spiro atoms. The summed E-state index contributed by atoms with van der Waals surface area (Å²) in [6.07, 6.45) is 2.65. The number of ether oxygens (including phenoxy) is 1. The monoisotopic (exact) mass is 386 g/mol. The van der Waals surface area contributed by atoms with Gasteiger partial charge in [-0.25, -0.2) is 4.79 Å². The molecule has 1 aliphatic carbocycles. The number of oxime groups is 1. The van der Waals surface area contributed by atoms with Crippen LogP contribution in [0.15, 0.2) is 78.1 Å². The fraction of sp³-hybridized carbons (Fsp3) is 0.208. The van der Waals surface area contributed by atoms with Crippen LogP contribution in [0, 0.1) is 12.8 Å². The Morgan fingerprint density at radius 1 is 1.03 bits per heavy atom. The predicted molar refractivity (Wildman–Crippen MR) is 111 cm³/mol. The third-order valence-electron chi connectivity index (χ3n) is 5.13. The summed E-state index contributed by atoms with van der Waals surface area (Å²) < 4.78 is 5.24. The van der Waals surface area contributed by atoms with Crippen molar-refractivity contribution in [2.45, 2.75) is 19.3 Å². The molecule has 29 heavy (non-hydrogen) atoms. The molecule has 5 heteroatoms. The van der Waals surface area contributed by atoms with Crippen molar-refractivity contribution in [1.82, 2.24) is 4.98 Å². The molecule has 0 amide bonds. The fourth-order valence-electron chi connectivity index (χ4n) is 3.37. The second kappa shape index (κ2) is 8.27. The third-order valence-corrected chi connectivity index (χ3v) is 5.13. The molecule has 3 aromatic rings. The van der Waals surface area contributed by atoms with E-state index in [0.29, 0.717) is 17.2 Å². The molecule has 1 aliphatic rings. The van der Waals surface area contributed by atoms with Crippen LogP contribution in [0.5, 0.6) is 5.75 Å². The molecule has 4 rings (SSSR count). The van der Waals surface area contributed by atoms with Crippen LogP contribution in [0.4, 0.5) is 0 Å². The highest BCUT2D eigenvalue weighted by Gasteiger charge is 2.43.